The number of ether oxygens (including phenoxy) is 1. The topological polar surface area (TPSA) is 24.5 Å². The van der Waals surface area contributed by atoms with Gasteiger partial charge in [-0.1, -0.05) is 13.8 Å². The number of unbranched alkanes of at least 4 members (excludes halogenated alkanes) is 1. The molecule has 0 fully saturated rings. The summed E-state index contributed by atoms with van der Waals surface area (Å²) in [5, 5.41) is 3.47. The summed E-state index contributed by atoms with van der Waals surface area (Å²) in [6.07, 6.45) is 3.64. The monoisotopic (exact) mass is 216 g/mol. The lowest BCUT2D eigenvalue weighted by Crippen LogP contribution is -2.27. The van der Waals surface area contributed by atoms with Gasteiger partial charge in [0.25, 0.3) is 0 Å². The molecule has 0 heterocycles. The van der Waals surface area contributed by atoms with E-state index < -0.39 is 0 Å². The Morgan fingerprint density at radius 1 is 1.00 bits per heavy atom. The van der Waals surface area contributed by atoms with Crippen molar-refractivity contribution in [2.24, 2.45) is 0 Å². The maximum Gasteiger partial charge on any atom is 0.0462 e. The van der Waals surface area contributed by atoms with Gasteiger partial charge in [0.15, 0.2) is 0 Å². The summed E-state index contributed by atoms with van der Waals surface area (Å²) in [7, 11) is 1.76. The zero-order valence-corrected chi connectivity index (χ0v) is 10.7. The maximum atomic E-state index is 5.00. The smallest absolute Gasteiger partial charge is 0.0462 e. The van der Waals surface area contributed by atoms with Crippen LogP contribution in [-0.2, 0) is 4.74 Å². The van der Waals surface area contributed by atoms with Crippen LogP contribution in [-0.4, -0.2) is 51.3 Å². The fourth-order valence-corrected chi connectivity index (χ4v) is 1.59. The minimum Gasteiger partial charge on any atom is -0.385 e. The molecule has 3 heteroatoms. The average Bonchev–Trinajstić information content (AvgIpc) is 2.27. The Morgan fingerprint density at radius 2 is 1.67 bits per heavy atom. The number of methoxy groups -OCH3 is 1. The van der Waals surface area contributed by atoms with E-state index in [1.54, 1.807) is 7.11 Å². The highest BCUT2D eigenvalue weighted by molar-refractivity contribution is 4.55. The molecule has 1 N–H and O–H groups in total. The molecule has 0 saturated heterocycles. The number of nitrogens with one attached hydrogen (secondary N) is 1. The minimum atomic E-state index is 0.890. The van der Waals surface area contributed by atoms with Crippen LogP contribution in [0.25, 0.3) is 0 Å². The molecule has 0 spiro atoms. The highest BCUT2D eigenvalue weighted by Gasteiger charge is 1.97. The van der Waals surface area contributed by atoms with E-state index in [0.717, 1.165) is 19.7 Å². The third-order valence-corrected chi connectivity index (χ3v) is 2.67. The molecule has 3 nitrogen and oxygen atoms in total. The predicted molar refractivity (Wildman–Crippen MR) is 66.4 cm³/mol. The summed E-state index contributed by atoms with van der Waals surface area (Å²) < 4.78 is 5.00. The van der Waals surface area contributed by atoms with Crippen LogP contribution in [0.5, 0.6) is 0 Å². The van der Waals surface area contributed by atoms with Gasteiger partial charge >= 0.3 is 0 Å². The third kappa shape index (κ3) is 10.2. The van der Waals surface area contributed by atoms with Gasteiger partial charge in [-0.3, -0.25) is 0 Å². The van der Waals surface area contributed by atoms with Crippen LogP contribution in [0.15, 0.2) is 0 Å². The van der Waals surface area contributed by atoms with E-state index >= 15 is 0 Å². The Labute approximate surface area is 95.2 Å². The molecule has 15 heavy (non-hydrogen) atoms. The van der Waals surface area contributed by atoms with Crippen LogP contribution >= 0.6 is 0 Å². The lowest BCUT2D eigenvalue weighted by molar-refractivity contribution is 0.192. The van der Waals surface area contributed by atoms with Gasteiger partial charge in [-0.2, -0.15) is 0 Å². The van der Waals surface area contributed by atoms with Crippen molar-refractivity contribution in [2.45, 2.75) is 33.1 Å². The van der Waals surface area contributed by atoms with Crippen LogP contribution in [0, 0.1) is 0 Å². The molecule has 0 aromatic rings. The average molecular weight is 216 g/mol. The molecule has 0 radical (unpaired) electrons. The van der Waals surface area contributed by atoms with Crippen molar-refractivity contribution in [3.05, 3.63) is 0 Å². The van der Waals surface area contributed by atoms with E-state index in [4.69, 9.17) is 4.74 Å². The highest BCUT2D eigenvalue weighted by Crippen LogP contribution is 1.90. The van der Waals surface area contributed by atoms with Crippen molar-refractivity contribution in [1.29, 1.82) is 0 Å². The molecular weight excluding hydrogens is 188 g/mol. The number of nitrogens with zero attached hydrogens (tertiary/aromatic N) is 1. The molecule has 0 amide bonds. The number of rotatable bonds is 11. The normalized spacial score (nSPS) is 11.2. The van der Waals surface area contributed by atoms with Gasteiger partial charge in [0.1, 0.15) is 0 Å². The van der Waals surface area contributed by atoms with E-state index in [2.05, 4.69) is 24.1 Å². The Hall–Kier alpha value is -0.120. The standard InChI is InChI=1S/C12H28N2O/c1-4-14(5-2)11-8-10-13-9-6-7-12-15-3/h13H,4-12H2,1-3H3. The summed E-state index contributed by atoms with van der Waals surface area (Å²) >= 11 is 0. The van der Waals surface area contributed by atoms with Gasteiger partial charge in [-0.05, 0) is 52.0 Å². The molecule has 92 valence electrons. The molecule has 0 aromatic heterocycles. The second kappa shape index (κ2) is 12.0. The Morgan fingerprint density at radius 3 is 2.27 bits per heavy atom. The fraction of sp³-hybridized carbons (Fsp3) is 1.00. The molecule has 0 atom stereocenters. The van der Waals surface area contributed by atoms with E-state index in [0.29, 0.717) is 0 Å². The van der Waals surface area contributed by atoms with Crippen molar-refractivity contribution in [3.8, 4) is 0 Å². The van der Waals surface area contributed by atoms with Crippen LogP contribution in [0.3, 0.4) is 0 Å². The Kier molecular flexibility index (Phi) is 11.9. The zero-order valence-electron chi connectivity index (χ0n) is 10.7. The summed E-state index contributed by atoms with van der Waals surface area (Å²) in [6.45, 7) is 11.2. The van der Waals surface area contributed by atoms with Crippen LogP contribution in [0.2, 0.25) is 0 Å². The maximum absolute atomic E-state index is 5.00. The first-order chi connectivity index (χ1) is 7.35. The van der Waals surface area contributed by atoms with Crippen molar-refractivity contribution in [3.63, 3.8) is 0 Å². The van der Waals surface area contributed by atoms with E-state index in [1.807, 2.05) is 0 Å². The molecule has 0 saturated carbocycles. The minimum absolute atomic E-state index is 0.890. The van der Waals surface area contributed by atoms with Gasteiger partial charge in [0, 0.05) is 13.7 Å². The molecule has 0 aliphatic heterocycles. The molecule has 0 bridgehead atoms. The third-order valence-electron chi connectivity index (χ3n) is 2.67. The summed E-state index contributed by atoms with van der Waals surface area (Å²) in [4.78, 5) is 2.46. The first kappa shape index (κ1) is 14.9. The lowest BCUT2D eigenvalue weighted by atomic mass is 10.3. The second-order valence-electron chi connectivity index (χ2n) is 3.83. The lowest BCUT2D eigenvalue weighted by Gasteiger charge is -2.17. The fourth-order valence-electron chi connectivity index (χ4n) is 1.59. The SMILES string of the molecule is CCN(CC)CCCNCCCCOC. The molecule has 0 aromatic carbocycles. The van der Waals surface area contributed by atoms with E-state index in [1.165, 1.54) is 38.9 Å². The molecule has 0 unspecified atom stereocenters. The second-order valence-corrected chi connectivity index (χ2v) is 3.83. The summed E-state index contributed by atoms with van der Waals surface area (Å²) in [6, 6.07) is 0. The number of hydrogen-bond acceptors (Lipinski definition) is 3. The summed E-state index contributed by atoms with van der Waals surface area (Å²) in [5.41, 5.74) is 0. The molecule has 0 aliphatic carbocycles. The largest absolute Gasteiger partial charge is 0.385 e. The quantitative estimate of drug-likeness (QED) is 0.532. The first-order valence-corrected chi connectivity index (χ1v) is 6.27. The summed E-state index contributed by atoms with van der Waals surface area (Å²) in [5.74, 6) is 0. The number of hydrogen-bond donors (Lipinski definition) is 1. The van der Waals surface area contributed by atoms with E-state index in [-0.39, 0.29) is 0 Å². The van der Waals surface area contributed by atoms with Crippen molar-refractivity contribution < 1.29 is 4.74 Å². The van der Waals surface area contributed by atoms with Gasteiger partial charge in [0.2, 0.25) is 0 Å². The van der Waals surface area contributed by atoms with Gasteiger partial charge in [0.05, 0.1) is 0 Å². The van der Waals surface area contributed by atoms with Gasteiger partial charge in [-0.25, -0.2) is 0 Å². The Balaban J connectivity index is 3.04. The van der Waals surface area contributed by atoms with E-state index in [9.17, 15) is 0 Å². The highest BCUT2D eigenvalue weighted by atomic mass is 16.5. The van der Waals surface area contributed by atoms with Crippen molar-refractivity contribution in [2.75, 3.05) is 46.4 Å². The zero-order chi connectivity index (χ0) is 11.4. The van der Waals surface area contributed by atoms with Crippen LogP contribution in [0.4, 0.5) is 0 Å². The van der Waals surface area contributed by atoms with Crippen molar-refractivity contribution >= 4 is 0 Å². The van der Waals surface area contributed by atoms with Crippen molar-refractivity contribution in [1.82, 2.24) is 10.2 Å². The van der Waals surface area contributed by atoms with Crippen LogP contribution < -0.4 is 5.32 Å². The van der Waals surface area contributed by atoms with Gasteiger partial charge in [-0.15, -0.1) is 0 Å². The molecular formula is C12H28N2O. The van der Waals surface area contributed by atoms with Gasteiger partial charge < -0.3 is 15.0 Å². The molecule has 0 aliphatic rings. The Bertz CT molecular complexity index is 116. The first-order valence-electron chi connectivity index (χ1n) is 6.27. The predicted octanol–water partition coefficient (Wildman–Crippen LogP) is 1.73. The molecule has 0 rings (SSSR count). The van der Waals surface area contributed by atoms with Crippen LogP contribution in [0.1, 0.15) is 33.1 Å².